The number of benzene rings is 1. The number of carbonyl (C=O) groups is 2. The fourth-order valence-electron chi connectivity index (χ4n) is 2.74. The zero-order chi connectivity index (χ0) is 15.7. The van der Waals surface area contributed by atoms with Gasteiger partial charge in [0.2, 0.25) is 5.91 Å². The molecule has 2 aromatic rings. The minimum atomic E-state index is -0.920. The molecule has 0 fully saturated rings. The Morgan fingerprint density at radius 3 is 2.82 bits per heavy atom. The first kappa shape index (κ1) is 14.7. The summed E-state index contributed by atoms with van der Waals surface area (Å²) in [6, 6.07) is 7.63. The predicted molar refractivity (Wildman–Crippen MR) is 85.9 cm³/mol. The largest absolute Gasteiger partial charge is 0.481 e. The van der Waals surface area contributed by atoms with Crippen LogP contribution in [0.25, 0.3) is 10.2 Å². The van der Waals surface area contributed by atoms with Crippen LogP contribution in [0.3, 0.4) is 0 Å². The van der Waals surface area contributed by atoms with Gasteiger partial charge in [0.15, 0.2) is 5.13 Å². The van der Waals surface area contributed by atoms with Gasteiger partial charge in [0.25, 0.3) is 0 Å². The van der Waals surface area contributed by atoms with Crippen molar-refractivity contribution in [3.63, 3.8) is 0 Å². The van der Waals surface area contributed by atoms with Crippen LogP contribution in [0.15, 0.2) is 35.9 Å². The summed E-state index contributed by atoms with van der Waals surface area (Å²) < 4.78 is 0.993. The summed E-state index contributed by atoms with van der Waals surface area (Å²) in [5, 5.41) is 12.6. The molecule has 0 saturated carbocycles. The Kier molecular flexibility index (Phi) is 3.94. The second kappa shape index (κ2) is 5.88. The number of allylic oxidation sites excluding steroid dienone is 2. The Morgan fingerprint density at radius 2 is 2.09 bits per heavy atom. The van der Waals surface area contributed by atoms with Gasteiger partial charge in [0.1, 0.15) is 0 Å². The molecule has 1 aliphatic rings. The lowest BCUT2D eigenvalue weighted by atomic mass is 9.79. The molecular weight excluding hydrogens is 300 g/mol. The first-order chi connectivity index (χ1) is 10.5. The van der Waals surface area contributed by atoms with E-state index in [0.717, 1.165) is 15.8 Å². The number of fused-ring (bicyclic) bond motifs is 1. The van der Waals surface area contributed by atoms with Gasteiger partial charge in [-0.25, -0.2) is 4.98 Å². The van der Waals surface area contributed by atoms with Crippen LogP contribution in [0, 0.1) is 11.8 Å². The molecule has 1 heterocycles. The average Bonchev–Trinajstić information content (AvgIpc) is 2.89. The van der Waals surface area contributed by atoms with Crippen LogP contribution in [-0.4, -0.2) is 22.0 Å². The van der Waals surface area contributed by atoms with E-state index in [1.807, 2.05) is 37.3 Å². The van der Waals surface area contributed by atoms with Gasteiger partial charge in [-0.1, -0.05) is 35.1 Å². The number of aromatic nitrogens is 1. The van der Waals surface area contributed by atoms with Crippen LogP contribution < -0.4 is 5.32 Å². The summed E-state index contributed by atoms with van der Waals surface area (Å²) >= 11 is 1.39. The predicted octanol–water partition coefficient (Wildman–Crippen LogP) is 3.29. The highest BCUT2D eigenvalue weighted by molar-refractivity contribution is 7.22. The number of amides is 1. The topological polar surface area (TPSA) is 79.3 Å². The summed E-state index contributed by atoms with van der Waals surface area (Å²) in [5.74, 6) is -2.40. The Morgan fingerprint density at radius 1 is 1.32 bits per heavy atom. The first-order valence-corrected chi connectivity index (χ1v) is 7.91. The van der Waals surface area contributed by atoms with Crippen LogP contribution in [0.2, 0.25) is 0 Å². The van der Waals surface area contributed by atoms with Crippen molar-refractivity contribution in [2.45, 2.75) is 19.8 Å². The molecule has 1 aromatic heterocycles. The number of anilines is 1. The minimum absolute atomic E-state index is 0.268. The summed E-state index contributed by atoms with van der Waals surface area (Å²) in [5.41, 5.74) is 1.86. The van der Waals surface area contributed by atoms with E-state index in [1.165, 1.54) is 11.3 Å². The van der Waals surface area contributed by atoms with E-state index in [1.54, 1.807) is 0 Å². The number of carbonyl (C=O) groups excluding carboxylic acids is 1. The van der Waals surface area contributed by atoms with Crippen LogP contribution in [0.5, 0.6) is 0 Å². The molecule has 0 radical (unpaired) electrons. The lowest BCUT2D eigenvalue weighted by Gasteiger charge is -2.26. The lowest BCUT2D eigenvalue weighted by Crippen LogP contribution is -2.35. The molecule has 0 aliphatic heterocycles. The summed E-state index contributed by atoms with van der Waals surface area (Å²) in [4.78, 5) is 28.2. The molecule has 114 valence electrons. The number of para-hydroxylation sites is 1. The van der Waals surface area contributed by atoms with Gasteiger partial charge in [-0.15, -0.1) is 0 Å². The molecule has 0 unspecified atom stereocenters. The third-order valence-electron chi connectivity index (χ3n) is 3.93. The van der Waals surface area contributed by atoms with Crippen LogP contribution in [0.4, 0.5) is 5.13 Å². The number of hydrogen-bond acceptors (Lipinski definition) is 4. The van der Waals surface area contributed by atoms with E-state index >= 15 is 0 Å². The number of aliphatic carboxylic acids is 1. The summed E-state index contributed by atoms with van der Waals surface area (Å²) in [7, 11) is 0. The number of thiazole rings is 1. The quantitative estimate of drug-likeness (QED) is 0.852. The minimum Gasteiger partial charge on any atom is -0.481 e. The van der Waals surface area contributed by atoms with Gasteiger partial charge in [-0.3, -0.25) is 9.59 Å². The third-order valence-corrected chi connectivity index (χ3v) is 4.88. The Labute approximate surface area is 131 Å². The third kappa shape index (κ3) is 2.87. The van der Waals surface area contributed by atoms with Crippen LogP contribution in [0.1, 0.15) is 19.8 Å². The zero-order valence-corrected chi connectivity index (χ0v) is 12.9. The molecule has 5 nitrogen and oxygen atoms in total. The molecule has 0 spiro atoms. The molecular formula is C16H16N2O3S. The highest BCUT2D eigenvalue weighted by Crippen LogP contribution is 2.32. The van der Waals surface area contributed by atoms with Crippen molar-refractivity contribution >= 4 is 38.6 Å². The molecule has 0 saturated heterocycles. The fraction of sp³-hybridized carbons (Fsp3) is 0.312. The Balaban J connectivity index is 1.79. The van der Waals surface area contributed by atoms with Crippen molar-refractivity contribution in [1.29, 1.82) is 0 Å². The molecule has 1 aliphatic carbocycles. The SMILES string of the molecule is CC1=CC[C@H](C(=O)Nc2nc3ccccc3s2)[C@H](C(=O)O)C1. The number of carboxylic acid groups (broad SMARTS) is 1. The summed E-state index contributed by atoms with van der Waals surface area (Å²) in [6.45, 7) is 1.90. The van der Waals surface area contributed by atoms with Crippen LogP contribution >= 0.6 is 11.3 Å². The second-order valence-electron chi connectivity index (χ2n) is 5.52. The Hall–Kier alpha value is -2.21. The monoisotopic (exact) mass is 316 g/mol. The second-order valence-corrected chi connectivity index (χ2v) is 6.55. The molecule has 3 rings (SSSR count). The smallest absolute Gasteiger partial charge is 0.307 e. The highest BCUT2D eigenvalue weighted by atomic mass is 32.1. The van der Waals surface area contributed by atoms with Gasteiger partial charge in [0, 0.05) is 0 Å². The normalized spacial score (nSPS) is 21.4. The zero-order valence-electron chi connectivity index (χ0n) is 12.1. The number of rotatable bonds is 3. The van der Waals surface area contributed by atoms with Crippen LogP contribution in [-0.2, 0) is 9.59 Å². The molecule has 2 atom stereocenters. The fourth-order valence-corrected chi connectivity index (χ4v) is 3.61. The van der Waals surface area contributed by atoms with Crippen molar-refractivity contribution in [3.8, 4) is 0 Å². The number of carboxylic acids is 1. The standard InChI is InChI=1S/C16H16N2O3S/c1-9-6-7-10(11(8-9)15(20)21)14(19)18-16-17-12-4-2-3-5-13(12)22-16/h2-6,10-11H,7-8H2,1H3,(H,20,21)(H,17,18,19)/t10-,11+/m0/s1. The van der Waals surface area contributed by atoms with E-state index in [2.05, 4.69) is 10.3 Å². The molecule has 1 amide bonds. The number of nitrogens with zero attached hydrogens (tertiary/aromatic N) is 1. The maximum Gasteiger partial charge on any atom is 0.307 e. The maximum absolute atomic E-state index is 12.4. The molecule has 6 heteroatoms. The number of hydrogen-bond donors (Lipinski definition) is 2. The molecule has 22 heavy (non-hydrogen) atoms. The maximum atomic E-state index is 12.4. The van der Waals surface area contributed by atoms with Crippen molar-refractivity contribution in [2.75, 3.05) is 5.32 Å². The van der Waals surface area contributed by atoms with E-state index in [0.29, 0.717) is 18.0 Å². The van der Waals surface area contributed by atoms with Gasteiger partial charge < -0.3 is 10.4 Å². The van der Waals surface area contributed by atoms with E-state index in [-0.39, 0.29) is 5.91 Å². The molecule has 1 aromatic carbocycles. The first-order valence-electron chi connectivity index (χ1n) is 7.09. The van der Waals surface area contributed by atoms with Gasteiger partial charge in [-0.05, 0) is 31.9 Å². The van der Waals surface area contributed by atoms with E-state index < -0.39 is 17.8 Å². The average molecular weight is 316 g/mol. The molecule has 2 N–H and O–H groups in total. The summed E-state index contributed by atoms with van der Waals surface area (Å²) in [6.07, 6.45) is 2.83. The van der Waals surface area contributed by atoms with Crippen molar-refractivity contribution in [1.82, 2.24) is 4.98 Å². The molecule has 0 bridgehead atoms. The highest BCUT2D eigenvalue weighted by Gasteiger charge is 2.35. The number of nitrogens with one attached hydrogen (secondary N) is 1. The van der Waals surface area contributed by atoms with Crippen molar-refractivity contribution in [3.05, 3.63) is 35.9 Å². The van der Waals surface area contributed by atoms with Crippen molar-refractivity contribution < 1.29 is 14.7 Å². The van der Waals surface area contributed by atoms with E-state index in [4.69, 9.17) is 0 Å². The van der Waals surface area contributed by atoms with Crippen molar-refractivity contribution in [2.24, 2.45) is 11.8 Å². The van der Waals surface area contributed by atoms with E-state index in [9.17, 15) is 14.7 Å². The Bertz CT molecular complexity index is 733. The lowest BCUT2D eigenvalue weighted by molar-refractivity contribution is -0.146. The van der Waals surface area contributed by atoms with Gasteiger partial charge in [0.05, 0.1) is 22.1 Å². The van der Waals surface area contributed by atoms with Gasteiger partial charge in [-0.2, -0.15) is 0 Å². The van der Waals surface area contributed by atoms with Gasteiger partial charge >= 0.3 is 5.97 Å².